The van der Waals surface area contributed by atoms with E-state index in [9.17, 15) is 44.3 Å². The molecule has 0 saturated heterocycles. The largest absolute Gasteiger partial charge is 0.447 e. The minimum absolute atomic E-state index is 0.289. The molecule has 0 unspecified atom stereocenters. The van der Waals surface area contributed by atoms with Gasteiger partial charge in [0.25, 0.3) is 0 Å². The summed E-state index contributed by atoms with van der Waals surface area (Å²) in [5.41, 5.74) is -6.53. The fraction of sp³-hybridized carbons (Fsp3) is 0.889. The molecule has 20 heavy (non-hydrogen) atoms. The number of carbonyl (C=O) groups is 1. The Morgan fingerprint density at radius 1 is 0.900 bits per heavy atom. The summed E-state index contributed by atoms with van der Waals surface area (Å²) >= 11 is 0. The van der Waals surface area contributed by atoms with Crippen LogP contribution in [0.4, 0.5) is 39.5 Å². The van der Waals surface area contributed by atoms with Crippen LogP contribution in [0.5, 0.6) is 0 Å². The number of hydrogen-bond donors (Lipinski definition) is 0. The van der Waals surface area contributed by atoms with Crippen LogP contribution in [0.3, 0.4) is 0 Å². The standard InChI is InChI=1S/C9H9F9O2/c1-3-4(2)5(19)20-6(7(10,11)12,8(13,14)15)9(16,17)18/h4H,3H2,1-2H3/t4-/m1/s1. The van der Waals surface area contributed by atoms with E-state index in [1.807, 2.05) is 0 Å². The minimum atomic E-state index is -6.90. The van der Waals surface area contributed by atoms with Crippen molar-refractivity contribution in [2.45, 2.75) is 44.4 Å². The van der Waals surface area contributed by atoms with E-state index in [2.05, 4.69) is 4.74 Å². The number of ether oxygens (including phenoxy) is 1. The summed E-state index contributed by atoms with van der Waals surface area (Å²) in [6.07, 6.45) is -21.0. The van der Waals surface area contributed by atoms with Gasteiger partial charge in [0.2, 0.25) is 0 Å². The first-order chi connectivity index (χ1) is 8.62. The number of alkyl halides is 9. The Kier molecular flexibility index (Phi) is 5.01. The first-order valence-electron chi connectivity index (χ1n) is 5.04. The van der Waals surface area contributed by atoms with Crippen LogP contribution in [0.15, 0.2) is 0 Å². The Labute approximate surface area is 106 Å². The second-order valence-corrected chi connectivity index (χ2v) is 3.90. The van der Waals surface area contributed by atoms with E-state index in [0.717, 1.165) is 6.92 Å². The van der Waals surface area contributed by atoms with Crippen LogP contribution in [0.2, 0.25) is 0 Å². The number of esters is 1. The monoisotopic (exact) mass is 320 g/mol. The number of halogens is 9. The lowest BCUT2D eigenvalue weighted by Gasteiger charge is -2.37. The van der Waals surface area contributed by atoms with E-state index >= 15 is 0 Å². The lowest BCUT2D eigenvalue weighted by atomic mass is 10.0. The van der Waals surface area contributed by atoms with Gasteiger partial charge in [-0.2, -0.15) is 39.5 Å². The van der Waals surface area contributed by atoms with Gasteiger partial charge in [0.05, 0.1) is 5.92 Å². The highest BCUT2D eigenvalue weighted by atomic mass is 19.4. The lowest BCUT2D eigenvalue weighted by molar-refractivity contribution is -0.446. The maximum absolute atomic E-state index is 12.4. The highest BCUT2D eigenvalue weighted by Gasteiger charge is 2.87. The van der Waals surface area contributed by atoms with Crippen molar-refractivity contribution in [2.75, 3.05) is 0 Å². The van der Waals surface area contributed by atoms with Gasteiger partial charge in [-0.1, -0.05) is 13.8 Å². The van der Waals surface area contributed by atoms with E-state index in [-0.39, 0.29) is 6.42 Å². The van der Waals surface area contributed by atoms with E-state index in [0.29, 0.717) is 0 Å². The molecule has 0 aromatic rings. The van der Waals surface area contributed by atoms with Gasteiger partial charge < -0.3 is 4.74 Å². The molecule has 0 spiro atoms. The number of carbonyl (C=O) groups excluding carboxylic acids is 1. The fourth-order valence-corrected chi connectivity index (χ4v) is 1.07. The topological polar surface area (TPSA) is 26.3 Å². The number of rotatable bonds is 3. The van der Waals surface area contributed by atoms with Crippen molar-refractivity contribution < 1.29 is 49.0 Å². The third-order valence-electron chi connectivity index (χ3n) is 2.47. The molecular weight excluding hydrogens is 311 g/mol. The zero-order valence-corrected chi connectivity index (χ0v) is 10.0. The molecule has 11 heteroatoms. The van der Waals surface area contributed by atoms with Gasteiger partial charge in [0.1, 0.15) is 0 Å². The Bertz CT molecular complexity index is 316. The summed E-state index contributed by atoms with van der Waals surface area (Å²) in [5, 5.41) is 0. The average Bonchev–Trinajstić information content (AvgIpc) is 2.18. The fourth-order valence-electron chi connectivity index (χ4n) is 1.07. The summed E-state index contributed by atoms with van der Waals surface area (Å²) in [6, 6.07) is 0. The van der Waals surface area contributed by atoms with Gasteiger partial charge >= 0.3 is 30.1 Å². The van der Waals surface area contributed by atoms with E-state index in [1.54, 1.807) is 0 Å². The van der Waals surface area contributed by atoms with Crippen molar-refractivity contribution in [1.29, 1.82) is 0 Å². The molecule has 1 atom stereocenters. The normalized spacial score (nSPS) is 15.9. The Morgan fingerprint density at radius 3 is 1.40 bits per heavy atom. The first-order valence-corrected chi connectivity index (χ1v) is 5.04. The van der Waals surface area contributed by atoms with E-state index in [4.69, 9.17) is 0 Å². The van der Waals surface area contributed by atoms with Gasteiger partial charge in [-0.3, -0.25) is 4.79 Å². The smallest absolute Gasteiger partial charge is 0.432 e. The van der Waals surface area contributed by atoms with Crippen LogP contribution in [0.25, 0.3) is 0 Å². The maximum Gasteiger partial charge on any atom is 0.447 e. The summed E-state index contributed by atoms with van der Waals surface area (Å²) in [4.78, 5) is 11.0. The molecule has 0 aliphatic rings. The van der Waals surface area contributed by atoms with Crippen molar-refractivity contribution >= 4 is 5.97 Å². The van der Waals surface area contributed by atoms with Crippen LogP contribution in [0, 0.1) is 5.92 Å². The van der Waals surface area contributed by atoms with Gasteiger partial charge in [0.15, 0.2) is 0 Å². The molecule has 0 rings (SSSR count). The summed E-state index contributed by atoms with van der Waals surface area (Å²) in [5.74, 6) is -3.79. The molecule has 0 aromatic heterocycles. The molecule has 0 bridgehead atoms. The zero-order chi connectivity index (χ0) is 16.6. The van der Waals surface area contributed by atoms with Crippen molar-refractivity contribution in [1.82, 2.24) is 0 Å². The molecule has 0 heterocycles. The van der Waals surface area contributed by atoms with Crippen LogP contribution in [0.1, 0.15) is 20.3 Å². The Balaban J connectivity index is 6.00. The van der Waals surface area contributed by atoms with Crippen molar-refractivity contribution in [3.8, 4) is 0 Å². The molecule has 0 aliphatic heterocycles. The molecule has 2 nitrogen and oxygen atoms in total. The highest BCUT2D eigenvalue weighted by molar-refractivity contribution is 5.72. The molecule has 0 fully saturated rings. The van der Waals surface area contributed by atoms with Gasteiger partial charge in [-0.05, 0) is 6.42 Å². The van der Waals surface area contributed by atoms with Crippen molar-refractivity contribution in [3.05, 3.63) is 0 Å². The summed E-state index contributed by atoms with van der Waals surface area (Å²) in [7, 11) is 0. The molecule has 0 N–H and O–H groups in total. The van der Waals surface area contributed by atoms with E-state index < -0.39 is 36.0 Å². The molecule has 0 radical (unpaired) electrons. The second-order valence-electron chi connectivity index (χ2n) is 3.90. The molecule has 0 aliphatic carbocycles. The SMILES string of the molecule is CC[C@@H](C)C(=O)OC(C(F)(F)F)(C(F)(F)F)C(F)(F)F. The minimum Gasteiger partial charge on any atom is -0.432 e. The summed E-state index contributed by atoms with van der Waals surface area (Å²) in [6.45, 7) is 2.03. The molecule has 0 aromatic carbocycles. The van der Waals surface area contributed by atoms with Crippen LogP contribution >= 0.6 is 0 Å². The van der Waals surface area contributed by atoms with Gasteiger partial charge in [0, 0.05) is 0 Å². The molecular formula is C9H9F9O2. The molecule has 120 valence electrons. The predicted octanol–water partition coefficient (Wildman–Crippen LogP) is 4.00. The summed E-state index contributed by atoms with van der Waals surface area (Å²) < 4.78 is 114. The van der Waals surface area contributed by atoms with Crippen LogP contribution < -0.4 is 0 Å². The second kappa shape index (κ2) is 5.32. The predicted molar refractivity (Wildman–Crippen MR) is 46.4 cm³/mol. The highest BCUT2D eigenvalue weighted by Crippen LogP contribution is 2.55. The average molecular weight is 320 g/mol. The van der Waals surface area contributed by atoms with Crippen molar-refractivity contribution in [2.24, 2.45) is 5.92 Å². The Hall–Kier alpha value is -1.16. The van der Waals surface area contributed by atoms with Gasteiger partial charge in [-0.15, -0.1) is 0 Å². The van der Waals surface area contributed by atoms with Gasteiger partial charge in [-0.25, -0.2) is 0 Å². The maximum atomic E-state index is 12.4. The lowest BCUT2D eigenvalue weighted by Crippen LogP contribution is -2.68. The molecule has 0 amide bonds. The van der Waals surface area contributed by atoms with Crippen molar-refractivity contribution in [3.63, 3.8) is 0 Å². The first kappa shape index (κ1) is 18.8. The third-order valence-corrected chi connectivity index (χ3v) is 2.47. The quantitative estimate of drug-likeness (QED) is 0.580. The van der Waals surface area contributed by atoms with E-state index in [1.165, 1.54) is 6.92 Å². The molecule has 0 saturated carbocycles. The number of hydrogen-bond acceptors (Lipinski definition) is 2. The zero-order valence-electron chi connectivity index (χ0n) is 10.0. The third kappa shape index (κ3) is 3.11. The van der Waals surface area contributed by atoms with Crippen LogP contribution in [-0.2, 0) is 9.53 Å². The Morgan fingerprint density at radius 2 is 1.20 bits per heavy atom. The van der Waals surface area contributed by atoms with Crippen LogP contribution in [-0.4, -0.2) is 30.1 Å².